The number of para-hydroxylation sites is 1. The molecule has 1 amide bonds. The number of imidazole rings is 1. The van der Waals surface area contributed by atoms with Gasteiger partial charge in [-0.3, -0.25) is 9.48 Å². The average Bonchev–Trinajstić information content (AvgIpc) is 3.61. The van der Waals surface area contributed by atoms with Crippen LogP contribution in [0.25, 0.3) is 22.4 Å². The summed E-state index contributed by atoms with van der Waals surface area (Å²) in [5.74, 6) is 0.498. The molecule has 0 radical (unpaired) electrons. The molecule has 1 aliphatic heterocycles. The number of furan rings is 1. The molecule has 1 aromatic carbocycles. The molecule has 10 nitrogen and oxygen atoms in total. The smallest absolute Gasteiger partial charge is 0.312 e. The normalized spacial score (nSPS) is 15.8. The lowest BCUT2D eigenvalue weighted by Gasteiger charge is -2.33. The Morgan fingerprint density at radius 3 is 2.82 bits per heavy atom. The van der Waals surface area contributed by atoms with E-state index in [1.54, 1.807) is 22.1 Å². The molecule has 0 bridgehead atoms. The van der Waals surface area contributed by atoms with Crippen LogP contribution in [0.5, 0.6) is 0 Å². The summed E-state index contributed by atoms with van der Waals surface area (Å²) in [6, 6.07) is 7.33. The first-order valence-corrected chi connectivity index (χ1v) is 10.7. The van der Waals surface area contributed by atoms with Gasteiger partial charge >= 0.3 is 11.8 Å². The van der Waals surface area contributed by atoms with E-state index in [1.807, 2.05) is 45.2 Å². The molecule has 5 heterocycles. The van der Waals surface area contributed by atoms with Crippen LogP contribution >= 0.6 is 0 Å². The second-order valence-corrected chi connectivity index (χ2v) is 8.18. The van der Waals surface area contributed by atoms with Gasteiger partial charge in [0.1, 0.15) is 17.4 Å². The van der Waals surface area contributed by atoms with E-state index >= 15 is 0 Å². The fraction of sp³-hybridized carbons (Fsp3) is 0.261. The van der Waals surface area contributed by atoms with E-state index in [2.05, 4.69) is 25.3 Å². The van der Waals surface area contributed by atoms with Crippen molar-refractivity contribution >= 4 is 16.9 Å². The zero-order valence-corrected chi connectivity index (χ0v) is 18.4. The first-order valence-electron chi connectivity index (χ1n) is 10.7. The van der Waals surface area contributed by atoms with Crippen LogP contribution < -0.4 is 0 Å². The van der Waals surface area contributed by atoms with Gasteiger partial charge in [-0.1, -0.05) is 18.2 Å². The molecule has 0 spiro atoms. The van der Waals surface area contributed by atoms with Crippen LogP contribution in [-0.2, 0) is 13.5 Å². The zero-order chi connectivity index (χ0) is 22.7. The van der Waals surface area contributed by atoms with Gasteiger partial charge in [0, 0.05) is 42.4 Å². The van der Waals surface area contributed by atoms with Crippen LogP contribution in [-0.4, -0.2) is 47.3 Å². The highest BCUT2D eigenvalue weighted by Crippen LogP contribution is 2.39. The summed E-state index contributed by atoms with van der Waals surface area (Å²) < 4.78 is 13.8. The minimum Gasteiger partial charge on any atom is -0.458 e. The van der Waals surface area contributed by atoms with E-state index in [1.165, 1.54) is 0 Å². The third-order valence-corrected chi connectivity index (χ3v) is 6.39. The molecule has 33 heavy (non-hydrogen) atoms. The molecule has 0 aliphatic carbocycles. The Hall–Kier alpha value is -4.21. The molecule has 0 unspecified atom stereocenters. The Bertz CT molecular complexity index is 1510. The van der Waals surface area contributed by atoms with Crippen molar-refractivity contribution in [2.75, 3.05) is 6.54 Å². The molecule has 0 saturated heterocycles. The molecule has 1 atom stereocenters. The Kier molecular flexibility index (Phi) is 4.22. The fourth-order valence-corrected chi connectivity index (χ4v) is 4.47. The molecule has 6 rings (SSSR count). The van der Waals surface area contributed by atoms with E-state index in [9.17, 15) is 4.79 Å². The molecule has 4 aromatic heterocycles. The number of fused-ring (bicyclic) bond motifs is 2. The Morgan fingerprint density at radius 2 is 2.03 bits per heavy atom. The Labute approximate surface area is 188 Å². The SMILES string of the molecule is Cc1c([C@H]2c3nc[nH]c3CCN2C(=O)c2nnc(-c3cnn(C)c3C)o2)oc2ccccc12. The maximum Gasteiger partial charge on any atom is 0.312 e. The van der Waals surface area contributed by atoms with Crippen molar-refractivity contribution in [3.63, 3.8) is 0 Å². The number of nitrogens with one attached hydrogen (secondary N) is 1. The quantitative estimate of drug-likeness (QED) is 0.454. The fourth-order valence-electron chi connectivity index (χ4n) is 4.47. The summed E-state index contributed by atoms with van der Waals surface area (Å²) in [5, 5.41) is 13.4. The number of H-pyrrole nitrogens is 1. The number of hydrogen-bond acceptors (Lipinski definition) is 7. The molecule has 10 heteroatoms. The van der Waals surface area contributed by atoms with Crippen LogP contribution in [0.4, 0.5) is 0 Å². The summed E-state index contributed by atoms with van der Waals surface area (Å²) in [4.78, 5) is 23.0. The Morgan fingerprint density at radius 1 is 1.18 bits per heavy atom. The minimum atomic E-state index is -0.504. The highest BCUT2D eigenvalue weighted by atomic mass is 16.4. The van der Waals surface area contributed by atoms with Crippen molar-refractivity contribution in [3.8, 4) is 11.5 Å². The van der Waals surface area contributed by atoms with Crippen molar-refractivity contribution in [1.82, 2.24) is 34.8 Å². The predicted octanol–water partition coefficient (Wildman–Crippen LogP) is 3.34. The molecule has 0 fully saturated rings. The lowest BCUT2D eigenvalue weighted by molar-refractivity contribution is 0.0632. The maximum absolute atomic E-state index is 13.6. The van der Waals surface area contributed by atoms with Gasteiger partial charge in [0.25, 0.3) is 5.89 Å². The number of benzene rings is 1. The minimum absolute atomic E-state index is 0.0778. The third kappa shape index (κ3) is 2.90. The summed E-state index contributed by atoms with van der Waals surface area (Å²) in [6.45, 7) is 4.36. The summed E-state index contributed by atoms with van der Waals surface area (Å²) >= 11 is 0. The van der Waals surface area contributed by atoms with Gasteiger partial charge in [0.15, 0.2) is 0 Å². The first kappa shape index (κ1) is 19.5. The van der Waals surface area contributed by atoms with Crippen LogP contribution in [0, 0.1) is 13.8 Å². The number of amides is 1. The van der Waals surface area contributed by atoms with Gasteiger partial charge in [0.05, 0.1) is 23.8 Å². The van der Waals surface area contributed by atoms with E-state index < -0.39 is 6.04 Å². The molecule has 166 valence electrons. The molecule has 0 saturated carbocycles. The molecule has 1 N–H and O–H groups in total. The monoisotopic (exact) mass is 443 g/mol. The van der Waals surface area contributed by atoms with Crippen molar-refractivity contribution in [3.05, 3.63) is 71.1 Å². The molecule has 5 aromatic rings. The summed E-state index contributed by atoms with van der Waals surface area (Å²) in [7, 11) is 1.83. The van der Waals surface area contributed by atoms with Gasteiger partial charge in [0.2, 0.25) is 0 Å². The van der Waals surface area contributed by atoms with Crippen molar-refractivity contribution in [2.24, 2.45) is 7.05 Å². The van der Waals surface area contributed by atoms with Crippen molar-refractivity contribution < 1.29 is 13.6 Å². The van der Waals surface area contributed by atoms with Gasteiger partial charge in [-0.2, -0.15) is 5.10 Å². The van der Waals surface area contributed by atoms with Crippen molar-refractivity contribution in [1.29, 1.82) is 0 Å². The highest BCUT2D eigenvalue weighted by molar-refractivity contribution is 5.91. The van der Waals surface area contributed by atoms with Gasteiger partial charge in [-0.25, -0.2) is 4.98 Å². The summed E-state index contributed by atoms with van der Waals surface area (Å²) in [6.07, 6.45) is 3.94. The Balaban J connectivity index is 1.43. The van der Waals surface area contributed by atoms with Gasteiger partial charge in [-0.05, 0) is 19.9 Å². The lowest BCUT2D eigenvalue weighted by atomic mass is 9.97. The topological polar surface area (TPSA) is 119 Å². The average molecular weight is 443 g/mol. The lowest BCUT2D eigenvalue weighted by Crippen LogP contribution is -2.41. The summed E-state index contributed by atoms with van der Waals surface area (Å²) in [5.41, 5.74) is 5.06. The molecular weight excluding hydrogens is 422 g/mol. The van der Waals surface area contributed by atoms with E-state index in [0.29, 0.717) is 24.3 Å². The van der Waals surface area contributed by atoms with E-state index in [0.717, 1.165) is 33.6 Å². The standard InChI is InChI=1S/C23H21N7O3/c1-12-14-6-4-5-7-17(14)32-20(12)19-18-16(24-11-25-18)8-9-30(19)23(31)22-28-27-21(33-22)15-10-26-29(3)13(15)2/h4-7,10-11,19H,8-9H2,1-3H3,(H,24,25)/t19-/m1/s1. The number of aromatic nitrogens is 6. The number of aromatic amines is 1. The maximum atomic E-state index is 13.6. The largest absolute Gasteiger partial charge is 0.458 e. The van der Waals surface area contributed by atoms with Gasteiger partial charge in [-0.15, -0.1) is 10.2 Å². The molecule has 1 aliphatic rings. The highest BCUT2D eigenvalue weighted by Gasteiger charge is 2.39. The third-order valence-electron chi connectivity index (χ3n) is 6.39. The van der Waals surface area contributed by atoms with Crippen LogP contribution in [0.15, 0.2) is 45.6 Å². The second-order valence-electron chi connectivity index (χ2n) is 8.18. The van der Waals surface area contributed by atoms with Gasteiger partial charge < -0.3 is 18.7 Å². The number of carbonyl (C=O) groups is 1. The predicted molar refractivity (Wildman–Crippen MR) is 117 cm³/mol. The number of nitrogens with zero attached hydrogens (tertiary/aromatic N) is 6. The number of carbonyl (C=O) groups excluding carboxylic acids is 1. The first-order chi connectivity index (χ1) is 16.0. The number of aryl methyl sites for hydroxylation is 2. The number of rotatable bonds is 3. The van der Waals surface area contributed by atoms with E-state index in [4.69, 9.17) is 8.83 Å². The second kappa shape index (κ2) is 7.16. The van der Waals surface area contributed by atoms with Crippen LogP contribution in [0.1, 0.15) is 45.1 Å². The zero-order valence-electron chi connectivity index (χ0n) is 18.4. The van der Waals surface area contributed by atoms with Crippen molar-refractivity contribution in [2.45, 2.75) is 26.3 Å². The van der Waals surface area contributed by atoms with Crippen LogP contribution in [0.2, 0.25) is 0 Å². The number of hydrogen-bond donors (Lipinski definition) is 1. The van der Waals surface area contributed by atoms with Crippen LogP contribution in [0.3, 0.4) is 0 Å². The molecular formula is C23H21N7O3. The van der Waals surface area contributed by atoms with E-state index in [-0.39, 0.29) is 17.7 Å².